The molecule has 0 radical (unpaired) electrons. The van der Waals surface area contributed by atoms with E-state index in [0.29, 0.717) is 24.7 Å². The Morgan fingerprint density at radius 1 is 1.00 bits per heavy atom. The Hall–Kier alpha value is -2.70. The number of anilines is 1. The fraction of sp³-hybridized carbons (Fsp3) is 0.259. The van der Waals surface area contributed by atoms with Gasteiger partial charge in [-0.2, -0.15) is 0 Å². The highest BCUT2D eigenvalue weighted by molar-refractivity contribution is 6.05. The SMILES string of the molecule is Cc1nc(CC(C)C)c(CN)c(-c2ccc(CN)cc2)c1NC(=O)/C=C/c1ccccc1.Cl.Cl. The second kappa shape index (κ2) is 13.9. The first kappa shape index (κ1) is 29.3. The van der Waals surface area contributed by atoms with E-state index in [4.69, 9.17) is 16.5 Å². The molecule has 0 bridgehead atoms. The summed E-state index contributed by atoms with van der Waals surface area (Å²) in [6.45, 7) is 7.07. The lowest BCUT2D eigenvalue weighted by Gasteiger charge is -2.21. The second-order valence-electron chi connectivity index (χ2n) is 8.31. The van der Waals surface area contributed by atoms with Crippen molar-refractivity contribution < 1.29 is 4.79 Å². The number of nitrogens with two attached hydrogens (primary N) is 2. The Morgan fingerprint density at radius 3 is 2.21 bits per heavy atom. The van der Waals surface area contributed by atoms with Gasteiger partial charge in [0.1, 0.15) is 0 Å². The topological polar surface area (TPSA) is 94.0 Å². The third kappa shape index (κ3) is 7.40. The molecule has 0 fully saturated rings. The Balaban J connectivity index is 0.00000289. The van der Waals surface area contributed by atoms with Crippen LogP contribution in [0.25, 0.3) is 17.2 Å². The number of aryl methyl sites for hydroxylation is 1. The molecule has 182 valence electrons. The smallest absolute Gasteiger partial charge is 0.248 e. The van der Waals surface area contributed by atoms with Gasteiger partial charge in [0.15, 0.2) is 0 Å². The zero-order valence-electron chi connectivity index (χ0n) is 19.9. The highest BCUT2D eigenvalue weighted by Crippen LogP contribution is 2.36. The molecule has 3 rings (SSSR count). The lowest BCUT2D eigenvalue weighted by atomic mass is 9.92. The van der Waals surface area contributed by atoms with Crippen molar-refractivity contribution in [3.63, 3.8) is 0 Å². The Morgan fingerprint density at radius 2 is 1.65 bits per heavy atom. The monoisotopic (exact) mass is 500 g/mol. The van der Waals surface area contributed by atoms with Crippen molar-refractivity contribution >= 4 is 42.5 Å². The number of nitrogens with one attached hydrogen (secondary N) is 1. The highest BCUT2D eigenvalue weighted by Gasteiger charge is 2.20. The average Bonchev–Trinajstić information content (AvgIpc) is 2.79. The lowest BCUT2D eigenvalue weighted by Crippen LogP contribution is -2.16. The Kier molecular flexibility index (Phi) is 12.0. The summed E-state index contributed by atoms with van der Waals surface area (Å²) >= 11 is 0. The zero-order valence-corrected chi connectivity index (χ0v) is 21.5. The van der Waals surface area contributed by atoms with Gasteiger partial charge in [-0.15, -0.1) is 24.8 Å². The first-order chi connectivity index (χ1) is 15.4. The molecule has 5 nitrogen and oxygen atoms in total. The Bertz CT molecular complexity index is 1100. The summed E-state index contributed by atoms with van der Waals surface area (Å²) in [5.74, 6) is 0.229. The molecule has 0 atom stereocenters. The van der Waals surface area contributed by atoms with Crippen LogP contribution in [0.3, 0.4) is 0 Å². The fourth-order valence-corrected chi connectivity index (χ4v) is 3.76. The molecule has 0 aliphatic rings. The molecule has 0 saturated heterocycles. The number of aromatic nitrogens is 1. The number of hydrogen-bond acceptors (Lipinski definition) is 4. The van der Waals surface area contributed by atoms with E-state index < -0.39 is 0 Å². The van der Waals surface area contributed by atoms with Crippen LogP contribution in [0.5, 0.6) is 0 Å². The van der Waals surface area contributed by atoms with Crippen LogP contribution in [0.15, 0.2) is 60.7 Å². The molecule has 0 saturated carbocycles. The van der Waals surface area contributed by atoms with Crippen LogP contribution in [0.4, 0.5) is 5.69 Å². The summed E-state index contributed by atoms with van der Waals surface area (Å²) < 4.78 is 0. The highest BCUT2D eigenvalue weighted by atomic mass is 35.5. The van der Waals surface area contributed by atoms with Crippen molar-refractivity contribution in [3.05, 3.63) is 88.8 Å². The van der Waals surface area contributed by atoms with Crippen LogP contribution in [0, 0.1) is 12.8 Å². The van der Waals surface area contributed by atoms with Crippen LogP contribution in [0.1, 0.15) is 41.9 Å². The number of benzene rings is 2. The zero-order chi connectivity index (χ0) is 23.1. The number of halogens is 2. The van der Waals surface area contributed by atoms with Crippen molar-refractivity contribution in [2.75, 3.05) is 5.32 Å². The number of amides is 1. The van der Waals surface area contributed by atoms with Crippen molar-refractivity contribution in [2.45, 2.75) is 40.3 Å². The van der Waals surface area contributed by atoms with Gasteiger partial charge in [-0.05, 0) is 47.6 Å². The molecular weight excluding hydrogens is 467 g/mol. The lowest BCUT2D eigenvalue weighted by molar-refractivity contribution is -0.111. The molecule has 0 unspecified atom stereocenters. The summed E-state index contributed by atoms with van der Waals surface area (Å²) in [7, 11) is 0. The Labute approximate surface area is 214 Å². The summed E-state index contributed by atoms with van der Waals surface area (Å²) in [6, 6.07) is 17.8. The van der Waals surface area contributed by atoms with Gasteiger partial charge in [0, 0.05) is 30.4 Å². The fourth-order valence-electron chi connectivity index (χ4n) is 3.76. The van der Waals surface area contributed by atoms with Gasteiger partial charge in [-0.25, -0.2) is 0 Å². The standard InChI is InChI=1S/C27H32N4O.2ClH/c1-18(2)15-24-23(17-29)26(22-12-9-21(16-28)10-13-22)27(19(3)30-24)31-25(32)14-11-20-7-5-4-6-8-20;;/h4-14,18H,15-17,28-29H2,1-3H3,(H,31,32);2*1H/b14-11+;;. The quantitative estimate of drug-likeness (QED) is 0.347. The number of carbonyl (C=O) groups excluding carboxylic acids is 1. The molecule has 1 heterocycles. The number of pyridine rings is 1. The average molecular weight is 502 g/mol. The van der Waals surface area contributed by atoms with E-state index in [-0.39, 0.29) is 30.7 Å². The molecular formula is C27H34Cl2N4O. The predicted molar refractivity (Wildman–Crippen MR) is 147 cm³/mol. The van der Waals surface area contributed by atoms with Gasteiger partial charge in [0.05, 0.1) is 11.4 Å². The summed E-state index contributed by atoms with van der Waals surface area (Å²) in [4.78, 5) is 17.6. The van der Waals surface area contributed by atoms with Gasteiger partial charge >= 0.3 is 0 Å². The van der Waals surface area contributed by atoms with E-state index in [1.165, 1.54) is 0 Å². The normalized spacial score (nSPS) is 10.6. The minimum Gasteiger partial charge on any atom is -0.326 e. The van der Waals surface area contributed by atoms with Gasteiger partial charge in [0.25, 0.3) is 0 Å². The van der Waals surface area contributed by atoms with Gasteiger partial charge < -0.3 is 16.8 Å². The largest absolute Gasteiger partial charge is 0.326 e. The van der Waals surface area contributed by atoms with Gasteiger partial charge in [-0.3, -0.25) is 9.78 Å². The van der Waals surface area contributed by atoms with Crippen LogP contribution in [-0.2, 0) is 24.3 Å². The minimum atomic E-state index is -0.210. The number of nitrogens with zero attached hydrogens (tertiary/aromatic N) is 1. The van der Waals surface area contributed by atoms with Crippen LogP contribution in [-0.4, -0.2) is 10.9 Å². The first-order valence-corrected chi connectivity index (χ1v) is 11.0. The van der Waals surface area contributed by atoms with Crippen molar-refractivity contribution in [3.8, 4) is 11.1 Å². The summed E-state index contributed by atoms with van der Waals surface area (Å²) in [5, 5.41) is 3.06. The van der Waals surface area contributed by atoms with E-state index in [1.807, 2.05) is 61.5 Å². The molecule has 3 aromatic rings. The molecule has 1 amide bonds. The van der Waals surface area contributed by atoms with E-state index in [1.54, 1.807) is 12.2 Å². The number of carbonyl (C=O) groups is 1. The number of rotatable bonds is 8. The van der Waals surface area contributed by atoms with Crippen LogP contribution < -0.4 is 16.8 Å². The molecule has 2 aromatic carbocycles. The molecule has 7 heteroatoms. The molecule has 34 heavy (non-hydrogen) atoms. The minimum absolute atomic E-state index is 0. The van der Waals surface area contributed by atoms with Crippen LogP contribution in [0.2, 0.25) is 0 Å². The molecule has 0 spiro atoms. The maximum Gasteiger partial charge on any atom is 0.248 e. The predicted octanol–water partition coefficient (Wildman–Crippen LogP) is 5.67. The molecule has 5 N–H and O–H groups in total. The maximum atomic E-state index is 12.8. The van der Waals surface area contributed by atoms with Crippen molar-refractivity contribution in [1.82, 2.24) is 4.98 Å². The first-order valence-electron chi connectivity index (χ1n) is 11.0. The van der Waals surface area contributed by atoms with Crippen LogP contribution >= 0.6 is 24.8 Å². The van der Waals surface area contributed by atoms with E-state index >= 15 is 0 Å². The third-order valence-corrected chi connectivity index (χ3v) is 5.32. The van der Waals surface area contributed by atoms with E-state index in [9.17, 15) is 4.79 Å². The second-order valence-corrected chi connectivity index (χ2v) is 8.31. The summed E-state index contributed by atoms with van der Waals surface area (Å²) in [6.07, 6.45) is 4.16. The van der Waals surface area contributed by atoms with Crippen molar-refractivity contribution in [2.24, 2.45) is 17.4 Å². The van der Waals surface area contributed by atoms with E-state index in [0.717, 1.165) is 45.6 Å². The number of hydrogen-bond donors (Lipinski definition) is 3. The van der Waals surface area contributed by atoms with Gasteiger partial charge in [-0.1, -0.05) is 68.4 Å². The van der Waals surface area contributed by atoms with E-state index in [2.05, 4.69) is 19.2 Å². The van der Waals surface area contributed by atoms with Gasteiger partial charge in [0.2, 0.25) is 5.91 Å². The molecule has 1 aromatic heterocycles. The molecule has 0 aliphatic carbocycles. The third-order valence-electron chi connectivity index (χ3n) is 5.32. The summed E-state index contributed by atoms with van der Waals surface area (Å²) in [5.41, 5.74) is 19.3. The van der Waals surface area contributed by atoms with Crippen molar-refractivity contribution in [1.29, 1.82) is 0 Å². The molecule has 0 aliphatic heterocycles. The maximum absolute atomic E-state index is 12.8.